The minimum atomic E-state index is -0.381. The van der Waals surface area contributed by atoms with Gasteiger partial charge in [-0.1, -0.05) is 6.07 Å². The van der Waals surface area contributed by atoms with Gasteiger partial charge in [0.2, 0.25) is 11.8 Å². The van der Waals surface area contributed by atoms with Gasteiger partial charge in [0.05, 0.1) is 12.6 Å². The SMILES string of the molecule is C[C@@H](NC(=O)[C@H]1CCC(=O)N1Cc1cccs1)c1ccncc1. The zero-order valence-corrected chi connectivity index (χ0v) is 13.8. The molecule has 2 aromatic heterocycles. The summed E-state index contributed by atoms with van der Waals surface area (Å²) in [6.07, 6.45) is 4.44. The number of nitrogens with one attached hydrogen (secondary N) is 1. The van der Waals surface area contributed by atoms with Crippen molar-refractivity contribution in [3.63, 3.8) is 0 Å². The van der Waals surface area contributed by atoms with Gasteiger partial charge in [0.1, 0.15) is 6.04 Å². The van der Waals surface area contributed by atoms with Gasteiger partial charge in [-0.3, -0.25) is 14.6 Å². The molecule has 23 heavy (non-hydrogen) atoms. The molecule has 2 atom stereocenters. The van der Waals surface area contributed by atoms with E-state index < -0.39 is 0 Å². The number of pyridine rings is 1. The first-order valence-electron chi connectivity index (χ1n) is 7.67. The molecule has 1 aliphatic heterocycles. The minimum absolute atomic E-state index is 0.0510. The lowest BCUT2D eigenvalue weighted by atomic mass is 10.1. The lowest BCUT2D eigenvalue weighted by Gasteiger charge is -2.25. The van der Waals surface area contributed by atoms with Gasteiger partial charge in [-0.05, 0) is 42.5 Å². The number of nitrogens with zero attached hydrogens (tertiary/aromatic N) is 2. The Morgan fingerprint density at radius 2 is 2.22 bits per heavy atom. The fourth-order valence-corrected chi connectivity index (χ4v) is 3.52. The minimum Gasteiger partial charge on any atom is -0.348 e. The van der Waals surface area contributed by atoms with Crippen molar-refractivity contribution in [3.05, 3.63) is 52.5 Å². The summed E-state index contributed by atoms with van der Waals surface area (Å²) in [5.41, 5.74) is 1.00. The number of amides is 2. The van der Waals surface area contributed by atoms with Gasteiger partial charge in [-0.25, -0.2) is 0 Å². The molecule has 1 fully saturated rings. The zero-order chi connectivity index (χ0) is 16.2. The highest BCUT2D eigenvalue weighted by Gasteiger charge is 2.36. The molecule has 3 heterocycles. The summed E-state index contributed by atoms with van der Waals surface area (Å²) in [5.74, 6) is -0.0353. The van der Waals surface area contributed by atoms with Crippen LogP contribution in [0.25, 0.3) is 0 Å². The molecule has 6 heteroatoms. The molecule has 0 bridgehead atoms. The molecule has 0 aromatic carbocycles. The van der Waals surface area contributed by atoms with Crippen LogP contribution in [-0.2, 0) is 16.1 Å². The number of carbonyl (C=O) groups is 2. The molecule has 120 valence electrons. The van der Waals surface area contributed by atoms with E-state index >= 15 is 0 Å². The molecule has 2 amide bonds. The van der Waals surface area contributed by atoms with Gasteiger partial charge in [0.25, 0.3) is 0 Å². The Morgan fingerprint density at radius 3 is 2.91 bits per heavy atom. The maximum Gasteiger partial charge on any atom is 0.243 e. The summed E-state index contributed by atoms with van der Waals surface area (Å²) in [6, 6.07) is 7.23. The summed E-state index contributed by atoms with van der Waals surface area (Å²) in [4.78, 5) is 31.5. The van der Waals surface area contributed by atoms with E-state index in [2.05, 4.69) is 10.3 Å². The van der Waals surface area contributed by atoms with Crippen LogP contribution in [0.5, 0.6) is 0 Å². The largest absolute Gasteiger partial charge is 0.348 e. The highest BCUT2D eigenvalue weighted by molar-refractivity contribution is 7.09. The van der Waals surface area contributed by atoms with Crippen LogP contribution in [-0.4, -0.2) is 27.7 Å². The van der Waals surface area contributed by atoms with Crippen LogP contribution >= 0.6 is 11.3 Å². The van der Waals surface area contributed by atoms with Gasteiger partial charge in [-0.2, -0.15) is 0 Å². The first-order valence-corrected chi connectivity index (χ1v) is 8.55. The summed E-state index contributed by atoms with van der Waals surface area (Å²) >= 11 is 1.60. The molecule has 5 nitrogen and oxygen atoms in total. The quantitative estimate of drug-likeness (QED) is 0.917. The van der Waals surface area contributed by atoms with E-state index in [-0.39, 0.29) is 23.9 Å². The van der Waals surface area contributed by atoms with E-state index in [1.165, 1.54) is 0 Å². The summed E-state index contributed by atoms with van der Waals surface area (Å²) in [6.45, 7) is 2.45. The highest BCUT2D eigenvalue weighted by Crippen LogP contribution is 2.24. The van der Waals surface area contributed by atoms with Gasteiger partial charge in [0.15, 0.2) is 0 Å². The van der Waals surface area contributed by atoms with Crippen molar-refractivity contribution in [1.29, 1.82) is 0 Å². The monoisotopic (exact) mass is 329 g/mol. The van der Waals surface area contributed by atoms with Crippen LogP contribution in [0, 0.1) is 0 Å². The first-order chi connectivity index (χ1) is 11.1. The predicted molar refractivity (Wildman–Crippen MR) is 88.7 cm³/mol. The summed E-state index contributed by atoms with van der Waals surface area (Å²) < 4.78 is 0. The second-order valence-electron chi connectivity index (χ2n) is 5.67. The van der Waals surface area contributed by atoms with Crippen LogP contribution in [0.4, 0.5) is 0 Å². The molecule has 0 radical (unpaired) electrons. The first kappa shape index (κ1) is 15.7. The smallest absolute Gasteiger partial charge is 0.243 e. The average Bonchev–Trinajstić information content (AvgIpc) is 3.19. The number of thiophene rings is 1. The summed E-state index contributed by atoms with van der Waals surface area (Å²) in [5, 5.41) is 4.99. The van der Waals surface area contributed by atoms with E-state index in [1.54, 1.807) is 28.6 Å². The number of rotatable bonds is 5. The van der Waals surface area contributed by atoms with Crippen LogP contribution in [0.1, 0.15) is 36.2 Å². The highest BCUT2D eigenvalue weighted by atomic mass is 32.1. The Balaban J connectivity index is 1.67. The van der Waals surface area contributed by atoms with Crippen molar-refractivity contribution in [3.8, 4) is 0 Å². The second kappa shape index (κ2) is 6.91. The molecule has 3 rings (SSSR count). The normalized spacial score (nSPS) is 18.9. The molecular weight excluding hydrogens is 310 g/mol. The zero-order valence-electron chi connectivity index (χ0n) is 12.9. The third-order valence-electron chi connectivity index (χ3n) is 4.10. The number of hydrogen-bond acceptors (Lipinski definition) is 4. The lowest BCUT2D eigenvalue weighted by Crippen LogP contribution is -2.44. The van der Waals surface area contributed by atoms with Crippen molar-refractivity contribution >= 4 is 23.2 Å². The molecule has 1 N–H and O–H groups in total. The third-order valence-corrected chi connectivity index (χ3v) is 4.96. The maximum absolute atomic E-state index is 12.6. The molecule has 0 aliphatic carbocycles. The predicted octanol–water partition coefficient (Wildman–Crippen LogP) is 2.51. The molecule has 1 saturated heterocycles. The van der Waals surface area contributed by atoms with Crippen molar-refractivity contribution < 1.29 is 9.59 Å². The Bertz CT molecular complexity index is 672. The Morgan fingerprint density at radius 1 is 1.43 bits per heavy atom. The second-order valence-corrected chi connectivity index (χ2v) is 6.70. The van der Waals surface area contributed by atoms with E-state index in [1.807, 2.05) is 36.6 Å². The van der Waals surface area contributed by atoms with Crippen LogP contribution < -0.4 is 5.32 Å². The van der Waals surface area contributed by atoms with Crippen molar-refractivity contribution in [2.75, 3.05) is 0 Å². The summed E-state index contributed by atoms with van der Waals surface area (Å²) in [7, 11) is 0. The standard InChI is InChI=1S/C17H19N3O2S/c1-12(13-6-8-18-9-7-13)19-17(22)15-4-5-16(21)20(15)11-14-3-2-10-23-14/h2-3,6-10,12,15H,4-5,11H2,1H3,(H,19,22)/t12-,15-/m1/s1. The maximum atomic E-state index is 12.6. The molecule has 0 unspecified atom stereocenters. The Hall–Kier alpha value is -2.21. The van der Waals surface area contributed by atoms with Crippen molar-refractivity contribution in [2.45, 2.75) is 38.4 Å². The number of carbonyl (C=O) groups excluding carboxylic acids is 2. The van der Waals surface area contributed by atoms with E-state index in [0.717, 1.165) is 10.4 Å². The van der Waals surface area contributed by atoms with Crippen molar-refractivity contribution in [1.82, 2.24) is 15.2 Å². The molecule has 1 aliphatic rings. The van der Waals surface area contributed by atoms with Gasteiger partial charge in [-0.15, -0.1) is 11.3 Å². The van der Waals surface area contributed by atoms with Crippen LogP contribution in [0.3, 0.4) is 0 Å². The van der Waals surface area contributed by atoms with Crippen LogP contribution in [0.2, 0.25) is 0 Å². The third kappa shape index (κ3) is 3.59. The molecular formula is C17H19N3O2S. The number of aromatic nitrogens is 1. The van der Waals surface area contributed by atoms with Crippen molar-refractivity contribution in [2.24, 2.45) is 0 Å². The van der Waals surface area contributed by atoms with E-state index in [0.29, 0.717) is 19.4 Å². The number of hydrogen-bond donors (Lipinski definition) is 1. The average molecular weight is 329 g/mol. The van der Waals surface area contributed by atoms with Crippen LogP contribution in [0.15, 0.2) is 42.0 Å². The van der Waals surface area contributed by atoms with Gasteiger partial charge < -0.3 is 10.2 Å². The van der Waals surface area contributed by atoms with Gasteiger partial charge >= 0.3 is 0 Å². The Kier molecular flexibility index (Phi) is 4.71. The fraction of sp³-hybridized carbons (Fsp3) is 0.353. The lowest BCUT2D eigenvalue weighted by molar-refractivity contribution is -0.136. The van der Waals surface area contributed by atoms with E-state index in [9.17, 15) is 9.59 Å². The topological polar surface area (TPSA) is 62.3 Å². The number of likely N-dealkylation sites (tertiary alicyclic amines) is 1. The molecule has 0 spiro atoms. The fourth-order valence-electron chi connectivity index (χ4n) is 2.82. The molecule has 2 aromatic rings. The Labute approximate surface area is 139 Å². The van der Waals surface area contributed by atoms with Gasteiger partial charge in [0, 0.05) is 23.7 Å². The molecule has 0 saturated carbocycles. The van der Waals surface area contributed by atoms with E-state index in [4.69, 9.17) is 0 Å².